The minimum atomic E-state index is 0. The Morgan fingerprint density at radius 3 is 2.26 bits per heavy atom. The van der Waals surface area contributed by atoms with Crippen molar-refractivity contribution in [2.75, 3.05) is 0 Å². The molecule has 0 saturated carbocycles. The van der Waals surface area contributed by atoms with Crippen LogP contribution in [-0.4, -0.2) is 9.97 Å². The summed E-state index contributed by atoms with van der Waals surface area (Å²) in [5.74, 6) is 0. The van der Waals surface area contributed by atoms with Gasteiger partial charge < -0.3 is 0 Å². The molecule has 0 N–H and O–H groups in total. The fraction of sp³-hybridized carbons (Fsp3) is 0.143. The number of hydrogen-bond donors (Lipinski definition) is 0. The summed E-state index contributed by atoms with van der Waals surface area (Å²) in [6.45, 7) is 3.81. The van der Waals surface area contributed by atoms with Gasteiger partial charge in [0.25, 0.3) is 0 Å². The Morgan fingerprint density at radius 2 is 1.53 bits per heavy atom. The van der Waals surface area contributed by atoms with E-state index in [1.807, 2.05) is 38.1 Å². The first-order chi connectivity index (χ1) is 8.58. The number of nitrogens with zero attached hydrogens (tertiary/aromatic N) is 2. The largest absolute Gasteiger partial charge is 2.00 e. The summed E-state index contributed by atoms with van der Waals surface area (Å²) in [6.07, 6.45) is 0. The molecule has 2 nitrogen and oxygen atoms in total. The van der Waals surface area contributed by atoms with Crippen molar-refractivity contribution in [2.45, 2.75) is 13.8 Å². The Hall–Kier alpha value is -0.886. The summed E-state index contributed by atoms with van der Waals surface area (Å²) in [4.78, 5) is 9.08. The maximum absolute atomic E-state index is 6.27. The van der Waals surface area contributed by atoms with E-state index in [1.54, 1.807) is 0 Å². The normalized spacial score (nSPS) is 10.7. The number of pyridine rings is 2. The van der Waals surface area contributed by atoms with E-state index < -0.39 is 0 Å². The zero-order valence-electron chi connectivity index (χ0n) is 10.3. The van der Waals surface area contributed by atoms with Crippen LogP contribution in [0.5, 0.6) is 0 Å². The molecular weight excluding hydrogens is 326 g/mol. The van der Waals surface area contributed by atoms with E-state index in [2.05, 4.69) is 9.97 Å². The van der Waals surface area contributed by atoms with Gasteiger partial charge in [0.2, 0.25) is 0 Å². The average Bonchev–Trinajstić information content (AvgIpc) is 2.36. The molecule has 0 aliphatic rings. The molecule has 2 aromatic heterocycles. The van der Waals surface area contributed by atoms with Crippen molar-refractivity contribution in [3.8, 4) is 0 Å². The van der Waals surface area contributed by atoms with Gasteiger partial charge in [-0.05, 0) is 19.9 Å². The van der Waals surface area contributed by atoms with Crippen LogP contribution < -0.4 is 0 Å². The first-order valence-electron chi connectivity index (χ1n) is 5.59. The summed E-state index contributed by atoms with van der Waals surface area (Å²) in [5, 5.41) is 2.96. The standard InChI is InChI=1S/C14H10Cl2N2.Ni/c1-7-3-4-9-5-6-10-12(16)11(15)8(2)18-14(10)13(9)17-7;/h3-6H,1-2H3;/q;+2. The predicted octanol–water partition coefficient (Wildman–Crippen LogP) is 4.70. The molecule has 0 aliphatic heterocycles. The van der Waals surface area contributed by atoms with Crippen molar-refractivity contribution in [2.24, 2.45) is 0 Å². The molecule has 5 heteroatoms. The molecule has 1 aromatic carbocycles. The quantitative estimate of drug-likeness (QED) is 0.439. The van der Waals surface area contributed by atoms with Crippen LogP contribution in [0.3, 0.4) is 0 Å². The number of halogens is 2. The number of benzene rings is 1. The second-order valence-corrected chi connectivity index (χ2v) is 5.07. The van der Waals surface area contributed by atoms with Gasteiger partial charge in [0.05, 0.1) is 26.8 Å². The average molecular weight is 336 g/mol. The van der Waals surface area contributed by atoms with Crippen LogP contribution in [0.4, 0.5) is 0 Å². The van der Waals surface area contributed by atoms with E-state index >= 15 is 0 Å². The molecule has 0 atom stereocenters. The van der Waals surface area contributed by atoms with Crippen molar-refractivity contribution in [1.29, 1.82) is 0 Å². The number of aromatic nitrogens is 2. The molecular formula is C14H10Cl2N2Ni+2. The molecule has 0 amide bonds. The number of rotatable bonds is 0. The maximum atomic E-state index is 6.27. The second-order valence-electron chi connectivity index (χ2n) is 4.31. The van der Waals surface area contributed by atoms with E-state index in [0.29, 0.717) is 10.0 Å². The molecule has 0 bridgehead atoms. The van der Waals surface area contributed by atoms with Gasteiger partial charge in [-0.2, -0.15) is 0 Å². The maximum Gasteiger partial charge on any atom is 2.00 e. The smallest absolute Gasteiger partial charge is 0.251 e. The van der Waals surface area contributed by atoms with Crippen LogP contribution in [0.25, 0.3) is 21.8 Å². The third kappa shape index (κ3) is 2.31. The third-order valence-electron chi connectivity index (χ3n) is 3.00. The van der Waals surface area contributed by atoms with E-state index in [1.165, 1.54) is 0 Å². The molecule has 3 aromatic rings. The van der Waals surface area contributed by atoms with Crippen molar-refractivity contribution in [1.82, 2.24) is 9.97 Å². The summed E-state index contributed by atoms with van der Waals surface area (Å²) in [7, 11) is 0. The first kappa shape index (κ1) is 14.5. The van der Waals surface area contributed by atoms with E-state index in [0.717, 1.165) is 33.2 Å². The first-order valence-corrected chi connectivity index (χ1v) is 6.35. The van der Waals surface area contributed by atoms with Crippen LogP contribution >= 0.6 is 23.2 Å². The van der Waals surface area contributed by atoms with Crippen LogP contribution in [0.15, 0.2) is 24.3 Å². The summed E-state index contributed by atoms with van der Waals surface area (Å²) < 4.78 is 0. The van der Waals surface area contributed by atoms with Crippen LogP contribution in [-0.2, 0) is 16.5 Å². The molecule has 98 valence electrons. The predicted molar refractivity (Wildman–Crippen MR) is 76.5 cm³/mol. The molecule has 0 radical (unpaired) electrons. The van der Waals surface area contributed by atoms with Crippen molar-refractivity contribution >= 4 is 45.0 Å². The van der Waals surface area contributed by atoms with Crippen LogP contribution in [0.1, 0.15) is 11.4 Å². The number of aryl methyl sites for hydroxylation is 2. The number of hydrogen-bond acceptors (Lipinski definition) is 2. The van der Waals surface area contributed by atoms with Crippen molar-refractivity contribution in [3.05, 3.63) is 45.7 Å². The molecule has 0 fully saturated rings. The molecule has 3 rings (SSSR count). The van der Waals surface area contributed by atoms with Gasteiger partial charge in [0.15, 0.2) is 0 Å². The third-order valence-corrected chi connectivity index (χ3v) is 3.95. The van der Waals surface area contributed by atoms with Gasteiger partial charge in [-0.15, -0.1) is 0 Å². The van der Waals surface area contributed by atoms with E-state index in [9.17, 15) is 0 Å². The molecule has 0 spiro atoms. The van der Waals surface area contributed by atoms with Crippen molar-refractivity contribution in [3.63, 3.8) is 0 Å². The van der Waals surface area contributed by atoms with Crippen LogP contribution in [0.2, 0.25) is 10.0 Å². The van der Waals surface area contributed by atoms with Gasteiger partial charge in [0.1, 0.15) is 0 Å². The fourth-order valence-electron chi connectivity index (χ4n) is 2.06. The monoisotopic (exact) mass is 334 g/mol. The van der Waals surface area contributed by atoms with Gasteiger partial charge in [-0.3, -0.25) is 4.98 Å². The fourth-order valence-corrected chi connectivity index (χ4v) is 2.49. The minimum Gasteiger partial charge on any atom is -0.251 e. The van der Waals surface area contributed by atoms with Gasteiger partial charge in [-0.1, -0.05) is 41.4 Å². The molecule has 19 heavy (non-hydrogen) atoms. The Labute approximate surface area is 131 Å². The molecule has 0 unspecified atom stereocenters. The summed E-state index contributed by atoms with van der Waals surface area (Å²) in [5.41, 5.74) is 3.36. The van der Waals surface area contributed by atoms with Crippen molar-refractivity contribution < 1.29 is 16.5 Å². The second kappa shape index (κ2) is 5.24. The Bertz CT molecular complexity index is 787. The summed E-state index contributed by atoms with van der Waals surface area (Å²) >= 11 is 12.4. The molecule has 0 aliphatic carbocycles. The minimum absolute atomic E-state index is 0. The Balaban J connectivity index is 0.00000133. The van der Waals surface area contributed by atoms with Crippen LogP contribution in [0, 0.1) is 13.8 Å². The molecule has 0 saturated heterocycles. The topological polar surface area (TPSA) is 25.8 Å². The summed E-state index contributed by atoms with van der Waals surface area (Å²) in [6, 6.07) is 7.95. The van der Waals surface area contributed by atoms with Gasteiger partial charge >= 0.3 is 16.5 Å². The van der Waals surface area contributed by atoms with E-state index in [-0.39, 0.29) is 16.5 Å². The molecule has 2 heterocycles. The Kier molecular flexibility index (Phi) is 4.01. The zero-order valence-corrected chi connectivity index (χ0v) is 12.8. The zero-order chi connectivity index (χ0) is 12.9. The number of fused-ring (bicyclic) bond motifs is 3. The SMILES string of the molecule is Cc1ccc2ccc3c(Cl)c(Cl)c(C)nc3c2n1.[Ni+2]. The van der Waals surface area contributed by atoms with Gasteiger partial charge in [-0.25, -0.2) is 4.98 Å². The Morgan fingerprint density at radius 1 is 0.842 bits per heavy atom. The van der Waals surface area contributed by atoms with Gasteiger partial charge in [0, 0.05) is 16.5 Å². The van der Waals surface area contributed by atoms with E-state index in [4.69, 9.17) is 23.2 Å².